The second-order valence-corrected chi connectivity index (χ2v) is 3.51. The molecule has 17 heavy (non-hydrogen) atoms. The Morgan fingerprint density at radius 2 is 2.06 bits per heavy atom. The predicted molar refractivity (Wildman–Crippen MR) is 60.4 cm³/mol. The summed E-state index contributed by atoms with van der Waals surface area (Å²) < 4.78 is 9.14. The molecule has 0 aliphatic carbocycles. The van der Waals surface area contributed by atoms with Crippen LogP contribution >= 0.6 is 0 Å². The van der Waals surface area contributed by atoms with E-state index in [0.717, 1.165) is 5.69 Å². The Morgan fingerprint density at radius 1 is 1.35 bits per heavy atom. The number of methoxy groups -OCH3 is 2. The lowest BCUT2D eigenvalue weighted by Gasteiger charge is -2.10. The molecule has 0 amide bonds. The highest BCUT2D eigenvalue weighted by Crippen LogP contribution is 2.03. The van der Waals surface area contributed by atoms with Crippen LogP contribution in [-0.4, -0.2) is 37.2 Å². The maximum Gasteiger partial charge on any atom is 0.354 e. The fourth-order valence-corrected chi connectivity index (χ4v) is 1.30. The van der Waals surface area contributed by atoms with Crippen LogP contribution in [0.15, 0.2) is 12.1 Å². The quantitative estimate of drug-likeness (QED) is 0.730. The number of aromatic nitrogens is 1. The van der Waals surface area contributed by atoms with Gasteiger partial charge in [0, 0.05) is 12.2 Å². The van der Waals surface area contributed by atoms with Crippen LogP contribution in [0.1, 0.15) is 23.1 Å². The Labute approximate surface area is 99.3 Å². The number of carbonyl (C=O) groups is 2. The summed E-state index contributed by atoms with van der Waals surface area (Å²) in [6, 6.07) is 2.99. The fourth-order valence-electron chi connectivity index (χ4n) is 1.30. The molecule has 0 unspecified atom stereocenters. The number of H-pyrrole nitrogens is 1. The minimum Gasteiger partial charge on any atom is -0.468 e. The maximum atomic E-state index is 11.2. The van der Waals surface area contributed by atoms with Crippen LogP contribution in [0.3, 0.4) is 0 Å². The number of aromatic amines is 1. The van der Waals surface area contributed by atoms with Gasteiger partial charge in [-0.3, -0.25) is 10.1 Å². The fraction of sp³-hybridized carbons (Fsp3) is 0.455. The molecule has 1 rings (SSSR count). The smallest absolute Gasteiger partial charge is 0.354 e. The van der Waals surface area contributed by atoms with Gasteiger partial charge in [-0.2, -0.15) is 0 Å². The number of nitrogens with one attached hydrogen (secondary N) is 2. The second kappa shape index (κ2) is 6.05. The van der Waals surface area contributed by atoms with Crippen LogP contribution in [0.4, 0.5) is 0 Å². The van der Waals surface area contributed by atoms with Crippen LogP contribution in [0.2, 0.25) is 0 Å². The van der Waals surface area contributed by atoms with Crippen LogP contribution in [0.25, 0.3) is 0 Å². The van der Waals surface area contributed by atoms with E-state index in [2.05, 4.69) is 19.8 Å². The van der Waals surface area contributed by atoms with E-state index in [1.165, 1.54) is 14.2 Å². The Bertz CT molecular complexity index is 400. The molecule has 0 fully saturated rings. The minimum absolute atomic E-state index is 0.329. The number of carbonyl (C=O) groups excluding carboxylic acids is 2. The van der Waals surface area contributed by atoms with Crippen molar-refractivity contribution in [1.82, 2.24) is 10.3 Å². The molecular weight excluding hydrogens is 224 g/mol. The van der Waals surface area contributed by atoms with Gasteiger partial charge in [0.25, 0.3) is 0 Å². The molecule has 0 radical (unpaired) electrons. The van der Waals surface area contributed by atoms with Crippen molar-refractivity contribution in [3.05, 3.63) is 23.5 Å². The number of ether oxygens (including phenoxy) is 2. The first kappa shape index (κ1) is 13.2. The number of hydrogen-bond donors (Lipinski definition) is 2. The van der Waals surface area contributed by atoms with Gasteiger partial charge in [-0.1, -0.05) is 0 Å². The molecule has 94 valence electrons. The third-order valence-corrected chi connectivity index (χ3v) is 2.31. The summed E-state index contributed by atoms with van der Waals surface area (Å²) in [5, 5.41) is 2.96. The van der Waals surface area contributed by atoms with Gasteiger partial charge in [0.1, 0.15) is 11.7 Å². The lowest BCUT2D eigenvalue weighted by atomic mass is 10.3. The van der Waals surface area contributed by atoms with Gasteiger partial charge in [-0.15, -0.1) is 0 Å². The molecule has 0 saturated carbocycles. The molecule has 1 aromatic heterocycles. The molecular formula is C11H16N2O4. The highest BCUT2D eigenvalue weighted by atomic mass is 16.5. The molecule has 1 atom stereocenters. The Balaban J connectivity index is 2.50. The van der Waals surface area contributed by atoms with Crippen molar-refractivity contribution in [1.29, 1.82) is 0 Å². The van der Waals surface area contributed by atoms with E-state index in [0.29, 0.717) is 12.2 Å². The molecule has 0 bridgehead atoms. The average Bonchev–Trinajstić information content (AvgIpc) is 2.82. The van der Waals surface area contributed by atoms with Crippen LogP contribution in [0, 0.1) is 0 Å². The van der Waals surface area contributed by atoms with Crippen molar-refractivity contribution in [3.8, 4) is 0 Å². The van der Waals surface area contributed by atoms with Gasteiger partial charge >= 0.3 is 11.9 Å². The van der Waals surface area contributed by atoms with Crippen molar-refractivity contribution in [2.24, 2.45) is 0 Å². The van der Waals surface area contributed by atoms with Crippen LogP contribution < -0.4 is 5.32 Å². The lowest BCUT2D eigenvalue weighted by molar-refractivity contribution is -0.142. The first-order valence-corrected chi connectivity index (χ1v) is 5.16. The van der Waals surface area contributed by atoms with Gasteiger partial charge in [0.2, 0.25) is 0 Å². The standard InChI is InChI=1S/C11H16N2O4/c1-7(10(14)16-2)12-6-8-4-5-9(13-8)11(15)17-3/h4-5,7,12-13H,6H2,1-3H3/t7-/m0/s1. The highest BCUT2D eigenvalue weighted by molar-refractivity contribution is 5.87. The van der Waals surface area contributed by atoms with E-state index in [1.807, 2.05) is 0 Å². The summed E-state index contributed by atoms with van der Waals surface area (Å²) in [6.07, 6.45) is 0. The van der Waals surface area contributed by atoms with Gasteiger partial charge < -0.3 is 14.5 Å². The zero-order valence-corrected chi connectivity index (χ0v) is 10.1. The second-order valence-electron chi connectivity index (χ2n) is 3.51. The summed E-state index contributed by atoms with van der Waals surface area (Å²) in [6.45, 7) is 2.14. The summed E-state index contributed by atoms with van der Waals surface area (Å²) in [5.41, 5.74) is 1.18. The first-order chi connectivity index (χ1) is 8.08. The van der Waals surface area contributed by atoms with E-state index < -0.39 is 12.0 Å². The SMILES string of the molecule is COC(=O)c1ccc(CN[C@@H](C)C(=O)OC)[nH]1. The van der Waals surface area contributed by atoms with E-state index >= 15 is 0 Å². The molecule has 0 aliphatic rings. The monoisotopic (exact) mass is 240 g/mol. The lowest BCUT2D eigenvalue weighted by Crippen LogP contribution is -2.34. The Hall–Kier alpha value is -1.82. The molecule has 0 spiro atoms. The zero-order valence-electron chi connectivity index (χ0n) is 10.1. The molecule has 0 aromatic carbocycles. The van der Waals surface area contributed by atoms with E-state index in [1.54, 1.807) is 19.1 Å². The summed E-state index contributed by atoms with van der Waals surface area (Å²) in [5.74, 6) is -0.748. The van der Waals surface area contributed by atoms with Crippen molar-refractivity contribution in [3.63, 3.8) is 0 Å². The van der Waals surface area contributed by atoms with Crippen LogP contribution in [0.5, 0.6) is 0 Å². The summed E-state index contributed by atoms with van der Waals surface area (Å²) >= 11 is 0. The highest BCUT2D eigenvalue weighted by Gasteiger charge is 2.13. The number of rotatable bonds is 5. The molecule has 0 saturated heterocycles. The largest absolute Gasteiger partial charge is 0.468 e. The third-order valence-electron chi connectivity index (χ3n) is 2.31. The van der Waals surface area contributed by atoms with E-state index in [4.69, 9.17) is 0 Å². The first-order valence-electron chi connectivity index (χ1n) is 5.16. The van der Waals surface area contributed by atoms with Crippen molar-refractivity contribution in [2.75, 3.05) is 14.2 Å². The van der Waals surface area contributed by atoms with Gasteiger partial charge in [-0.25, -0.2) is 4.79 Å². The Morgan fingerprint density at radius 3 is 2.65 bits per heavy atom. The summed E-state index contributed by atoms with van der Waals surface area (Å²) in [7, 11) is 2.66. The van der Waals surface area contributed by atoms with E-state index in [9.17, 15) is 9.59 Å². The van der Waals surface area contributed by atoms with Gasteiger partial charge in [0.15, 0.2) is 0 Å². The van der Waals surface area contributed by atoms with Crippen molar-refractivity contribution >= 4 is 11.9 Å². The molecule has 2 N–H and O–H groups in total. The predicted octanol–water partition coefficient (Wildman–Crippen LogP) is 0.452. The molecule has 1 heterocycles. The normalized spacial score (nSPS) is 11.9. The maximum absolute atomic E-state index is 11.2. The minimum atomic E-state index is -0.419. The van der Waals surface area contributed by atoms with Crippen molar-refractivity contribution in [2.45, 2.75) is 19.5 Å². The Kier molecular flexibility index (Phi) is 4.71. The zero-order chi connectivity index (χ0) is 12.8. The van der Waals surface area contributed by atoms with Gasteiger partial charge in [-0.05, 0) is 19.1 Å². The molecule has 6 heteroatoms. The number of esters is 2. The van der Waals surface area contributed by atoms with Crippen LogP contribution in [-0.2, 0) is 20.8 Å². The topological polar surface area (TPSA) is 80.4 Å². The van der Waals surface area contributed by atoms with Crippen molar-refractivity contribution < 1.29 is 19.1 Å². The molecule has 0 aliphatic heterocycles. The van der Waals surface area contributed by atoms with Gasteiger partial charge in [0.05, 0.1) is 14.2 Å². The van der Waals surface area contributed by atoms with E-state index in [-0.39, 0.29) is 5.97 Å². The summed E-state index contributed by atoms with van der Waals surface area (Å²) in [4.78, 5) is 25.2. The average molecular weight is 240 g/mol. The molecule has 1 aromatic rings. The molecule has 6 nitrogen and oxygen atoms in total. The number of hydrogen-bond acceptors (Lipinski definition) is 5. The third kappa shape index (κ3) is 3.60.